The fourth-order valence-corrected chi connectivity index (χ4v) is 3.33. The molecule has 1 N–H and O–H groups in total. The van der Waals surface area contributed by atoms with Crippen LogP contribution in [0.25, 0.3) is 5.76 Å². The van der Waals surface area contributed by atoms with Gasteiger partial charge >= 0.3 is 5.97 Å². The summed E-state index contributed by atoms with van der Waals surface area (Å²) < 4.78 is 4.98. The van der Waals surface area contributed by atoms with E-state index in [0.29, 0.717) is 5.02 Å². The number of ketones is 3. The molecule has 0 atom stereocenters. The molecular formula is C19H9ClO6. The Morgan fingerprint density at radius 2 is 1.42 bits per heavy atom. The molecule has 1 aliphatic carbocycles. The van der Waals surface area contributed by atoms with E-state index in [1.807, 2.05) is 0 Å². The maximum Gasteiger partial charge on any atom is 0.381 e. The third-order valence-electron chi connectivity index (χ3n) is 4.42. The second-order valence-corrected chi connectivity index (χ2v) is 6.27. The minimum absolute atomic E-state index is 0.0291. The molecule has 128 valence electrons. The summed E-state index contributed by atoms with van der Waals surface area (Å²) in [6.45, 7) is 0. The lowest BCUT2D eigenvalue weighted by molar-refractivity contribution is -0.149. The van der Waals surface area contributed by atoms with Gasteiger partial charge in [0.2, 0.25) is 11.6 Å². The lowest BCUT2D eigenvalue weighted by Crippen LogP contribution is -2.43. The molecule has 0 radical (unpaired) electrons. The van der Waals surface area contributed by atoms with Crippen LogP contribution < -0.4 is 0 Å². The van der Waals surface area contributed by atoms with Crippen LogP contribution >= 0.6 is 11.6 Å². The maximum absolute atomic E-state index is 12.9. The number of fused-ring (bicyclic) bond motifs is 1. The van der Waals surface area contributed by atoms with Crippen LogP contribution in [0.1, 0.15) is 26.3 Å². The third kappa shape index (κ3) is 1.93. The van der Waals surface area contributed by atoms with Crippen LogP contribution in [-0.2, 0) is 14.3 Å². The van der Waals surface area contributed by atoms with Crippen LogP contribution in [0.4, 0.5) is 0 Å². The van der Waals surface area contributed by atoms with Crippen LogP contribution in [0, 0.1) is 0 Å². The predicted octanol–water partition coefficient (Wildman–Crippen LogP) is 2.55. The Bertz CT molecular complexity index is 1010. The quantitative estimate of drug-likeness (QED) is 0.273. The van der Waals surface area contributed by atoms with E-state index in [2.05, 4.69) is 0 Å². The Kier molecular flexibility index (Phi) is 3.35. The van der Waals surface area contributed by atoms with Crippen LogP contribution in [-0.4, -0.2) is 34.0 Å². The Labute approximate surface area is 151 Å². The van der Waals surface area contributed by atoms with Gasteiger partial charge in [-0.2, -0.15) is 0 Å². The molecule has 0 saturated carbocycles. The highest BCUT2D eigenvalue weighted by molar-refractivity contribution is 6.52. The first-order valence-corrected chi connectivity index (χ1v) is 7.91. The van der Waals surface area contributed by atoms with Gasteiger partial charge in [0.1, 0.15) is 11.3 Å². The normalized spacial score (nSPS) is 19.7. The lowest BCUT2D eigenvalue weighted by Gasteiger charge is -2.20. The molecule has 6 nitrogen and oxygen atoms in total. The highest BCUT2D eigenvalue weighted by atomic mass is 35.5. The van der Waals surface area contributed by atoms with Gasteiger partial charge in [-0.15, -0.1) is 0 Å². The number of halogens is 1. The third-order valence-corrected chi connectivity index (χ3v) is 4.67. The summed E-state index contributed by atoms with van der Waals surface area (Å²) in [5.41, 5.74) is -2.98. The molecule has 0 unspecified atom stereocenters. The van der Waals surface area contributed by atoms with E-state index >= 15 is 0 Å². The summed E-state index contributed by atoms with van der Waals surface area (Å²) in [5.74, 6) is -4.98. The first kappa shape index (κ1) is 16.2. The Balaban J connectivity index is 1.99. The van der Waals surface area contributed by atoms with Gasteiger partial charge in [-0.05, 0) is 24.3 Å². The van der Waals surface area contributed by atoms with E-state index in [9.17, 15) is 24.3 Å². The Morgan fingerprint density at radius 3 is 1.96 bits per heavy atom. The van der Waals surface area contributed by atoms with Gasteiger partial charge in [0, 0.05) is 21.7 Å². The number of carbonyl (C=O) groups excluding carboxylic acids is 4. The zero-order valence-corrected chi connectivity index (χ0v) is 13.7. The van der Waals surface area contributed by atoms with Crippen molar-refractivity contribution in [3.63, 3.8) is 0 Å². The van der Waals surface area contributed by atoms with Gasteiger partial charge in [-0.25, -0.2) is 4.79 Å². The van der Waals surface area contributed by atoms with E-state index in [-0.39, 0.29) is 16.7 Å². The highest BCUT2D eigenvalue weighted by Gasteiger charge is 2.67. The summed E-state index contributed by atoms with van der Waals surface area (Å²) in [6, 6.07) is 11.6. The zero-order chi connectivity index (χ0) is 18.6. The molecule has 0 bridgehead atoms. The molecule has 1 spiro atoms. The molecule has 0 amide bonds. The number of Topliss-reactive ketones (excluding diaryl/α,β-unsaturated/α-hetero) is 3. The molecule has 1 heterocycles. The van der Waals surface area contributed by atoms with Crippen LogP contribution in [0.2, 0.25) is 5.02 Å². The number of aliphatic hydroxyl groups excluding tert-OH is 1. The molecule has 2 aromatic rings. The van der Waals surface area contributed by atoms with E-state index < -0.39 is 40.3 Å². The van der Waals surface area contributed by atoms with Gasteiger partial charge in [0.05, 0.1) is 0 Å². The molecule has 2 aromatic carbocycles. The predicted molar refractivity (Wildman–Crippen MR) is 89.9 cm³/mol. The molecular weight excluding hydrogens is 360 g/mol. The molecule has 26 heavy (non-hydrogen) atoms. The number of carbonyl (C=O) groups is 4. The first-order chi connectivity index (χ1) is 12.4. The minimum Gasteiger partial charge on any atom is -0.507 e. The molecule has 1 aliphatic heterocycles. The Morgan fingerprint density at radius 1 is 0.885 bits per heavy atom. The zero-order valence-electron chi connectivity index (χ0n) is 13.0. The summed E-state index contributed by atoms with van der Waals surface area (Å²) in [6.07, 6.45) is 0. The largest absolute Gasteiger partial charge is 0.507 e. The summed E-state index contributed by atoms with van der Waals surface area (Å²) in [4.78, 5) is 50.1. The van der Waals surface area contributed by atoms with Crippen molar-refractivity contribution in [3.8, 4) is 0 Å². The number of aliphatic hydroxyl groups is 1. The smallest absolute Gasteiger partial charge is 0.381 e. The van der Waals surface area contributed by atoms with Gasteiger partial charge in [0.15, 0.2) is 0 Å². The van der Waals surface area contributed by atoms with Crippen molar-refractivity contribution >= 4 is 40.7 Å². The molecule has 4 rings (SSSR count). The standard InChI is InChI=1S/C19H9ClO6/c20-10-7-5-9(6-8-10)14(21)13-15(22)18(25)26-19(13)16(23)11-3-1-2-4-12(11)17(19)24/h1-8,21H. The number of rotatable bonds is 1. The first-order valence-electron chi connectivity index (χ1n) is 7.54. The van der Waals surface area contributed by atoms with Crippen molar-refractivity contribution in [3.05, 3.63) is 75.8 Å². The molecule has 2 aliphatic rings. The van der Waals surface area contributed by atoms with Crippen molar-refractivity contribution in [2.75, 3.05) is 0 Å². The SMILES string of the molecule is O=C1OC2(C(=O)c3ccccc3C2=O)C(=C(O)c2ccc(Cl)cc2)C1=O. The number of esters is 1. The average Bonchev–Trinajstić information content (AvgIpc) is 3.03. The van der Waals surface area contributed by atoms with Gasteiger partial charge in [-0.3, -0.25) is 14.4 Å². The number of hydrogen-bond acceptors (Lipinski definition) is 6. The molecule has 7 heteroatoms. The van der Waals surface area contributed by atoms with Crippen molar-refractivity contribution in [2.45, 2.75) is 5.60 Å². The molecule has 0 aromatic heterocycles. The topological polar surface area (TPSA) is 97.7 Å². The van der Waals surface area contributed by atoms with Crippen molar-refractivity contribution in [2.24, 2.45) is 0 Å². The maximum atomic E-state index is 12.9. The highest BCUT2D eigenvalue weighted by Crippen LogP contribution is 2.44. The van der Waals surface area contributed by atoms with Crippen molar-refractivity contribution in [1.29, 1.82) is 0 Å². The fraction of sp³-hybridized carbons (Fsp3) is 0.0526. The van der Waals surface area contributed by atoms with Gasteiger partial charge in [-0.1, -0.05) is 35.9 Å². The lowest BCUT2D eigenvalue weighted by atomic mass is 9.85. The number of ether oxygens (including phenoxy) is 1. The summed E-state index contributed by atoms with van der Waals surface area (Å²) in [5, 5.41) is 11.0. The Hall–Kier alpha value is -3.25. The molecule has 1 saturated heterocycles. The second-order valence-electron chi connectivity index (χ2n) is 5.83. The monoisotopic (exact) mass is 368 g/mol. The van der Waals surface area contributed by atoms with Crippen LogP contribution in [0.15, 0.2) is 54.1 Å². The van der Waals surface area contributed by atoms with E-state index in [1.54, 1.807) is 12.1 Å². The number of hydrogen-bond donors (Lipinski definition) is 1. The van der Waals surface area contributed by atoms with Crippen molar-refractivity contribution < 1.29 is 29.0 Å². The van der Waals surface area contributed by atoms with E-state index in [1.165, 1.54) is 36.4 Å². The average molecular weight is 369 g/mol. The van der Waals surface area contributed by atoms with E-state index in [0.717, 1.165) is 0 Å². The van der Waals surface area contributed by atoms with E-state index in [4.69, 9.17) is 16.3 Å². The second kappa shape index (κ2) is 5.37. The fourth-order valence-electron chi connectivity index (χ4n) is 3.21. The van der Waals surface area contributed by atoms with Crippen molar-refractivity contribution in [1.82, 2.24) is 0 Å². The minimum atomic E-state index is -2.48. The molecule has 1 fully saturated rings. The summed E-state index contributed by atoms with van der Waals surface area (Å²) >= 11 is 5.80. The van der Waals surface area contributed by atoms with Crippen LogP contribution in [0.3, 0.4) is 0 Å². The number of benzene rings is 2. The van der Waals surface area contributed by atoms with Gasteiger partial charge < -0.3 is 9.84 Å². The van der Waals surface area contributed by atoms with Crippen LogP contribution in [0.5, 0.6) is 0 Å². The van der Waals surface area contributed by atoms with Gasteiger partial charge in [0.25, 0.3) is 11.4 Å². The summed E-state index contributed by atoms with van der Waals surface area (Å²) in [7, 11) is 0.